The van der Waals surface area contributed by atoms with Crippen LogP contribution >= 0.6 is 7.82 Å². The molecule has 0 unspecified atom stereocenters. The topological polar surface area (TPSA) is 136 Å². The molecule has 1 aliphatic rings. The highest BCUT2D eigenvalue weighted by atomic mass is 31.2. The minimum absolute atomic E-state index is 0.00493. The van der Waals surface area contributed by atoms with E-state index in [2.05, 4.69) is 19.5 Å². The summed E-state index contributed by atoms with van der Waals surface area (Å²) in [5.74, 6) is 0.251. The van der Waals surface area contributed by atoms with Crippen molar-refractivity contribution in [3.8, 4) is 0 Å². The third-order valence-corrected chi connectivity index (χ3v) is 3.84. The Bertz CT molecular complexity index is 739. The molecular weight excluding hydrogens is 297 g/mol. The maximum atomic E-state index is 10.7. The number of nitrogen functional groups attached to an aromatic ring is 1. The maximum absolute atomic E-state index is 10.7. The van der Waals surface area contributed by atoms with E-state index >= 15 is 0 Å². The van der Waals surface area contributed by atoms with E-state index in [4.69, 9.17) is 15.5 Å². The first-order valence-electron chi connectivity index (χ1n) is 6.25. The molecule has 0 radical (unpaired) electrons. The van der Waals surface area contributed by atoms with Crippen molar-refractivity contribution < 1.29 is 18.9 Å². The van der Waals surface area contributed by atoms with Crippen molar-refractivity contribution in [1.29, 1.82) is 0 Å². The van der Waals surface area contributed by atoms with Gasteiger partial charge in [0.05, 0.1) is 19.0 Å². The van der Waals surface area contributed by atoms with Crippen LogP contribution in [0.4, 0.5) is 5.82 Å². The van der Waals surface area contributed by atoms with E-state index in [0.29, 0.717) is 23.4 Å². The maximum Gasteiger partial charge on any atom is 0.469 e. The van der Waals surface area contributed by atoms with E-state index < -0.39 is 7.82 Å². The number of imidazole rings is 1. The van der Waals surface area contributed by atoms with Crippen LogP contribution in [0.5, 0.6) is 0 Å². The zero-order valence-corrected chi connectivity index (χ0v) is 11.8. The van der Waals surface area contributed by atoms with Crippen molar-refractivity contribution in [2.75, 3.05) is 12.3 Å². The summed E-state index contributed by atoms with van der Waals surface area (Å²) in [7, 11) is -4.43. The van der Waals surface area contributed by atoms with Crippen LogP contribution in [-0.4, -0.2) is 35.9 Å². The molecule has 2 atom stereocenters. The van der Waals surface area contributed by atoms with Crippen LogP contribution in [0, 0.1) is 5.92 Å². The molecule has 0 spiro atoms. The monoisotopic (exact) mass is 311 g/mol. The Morgan fingerprint density at radius 1 is 1.38 bits per heavy atom. The predicted molar refractivity (Wildman–Crippen MR) is 74.0 cm³/mol. The zero-order chi connectivity index (χ0) is 15.0. The van der Waals surface area contributed by atoms with E-state index in [-0.39, 0.29) is 18.6 Å². The molecule has 9 nitrogen and oxygen atoms in total. The largest absolute Gasteiger partial charge is 0.469 e. The first kappa shape index (κ1) is 14.2. The van der Waals surface area contributed by atoms with Gasteiger partial charge in [0, 0.05) is 5.92 Å². The smallest absolute Gasteiger partial charge is 0.382 e. The fourth-order valence-corrected chi connectivity index (χ4v) is 2.77. The molecule has 4 N–H and O–H groups in total. The van der Waals surface area contributed by atoms with Crippen LogP contribution in [0.3, 0.4) is 0 Å². The number of nitrogens with zero attached hydrogens (tertiary/aromatic N) is 4. The van der Waals surface area contributed by atoms with Crippen molar-refractivity contribution in [1.82, 2.24) is 19.5 Å². The molecule has 112 valence electrons. The van der Waals surface area contributed by atoms with Gasteiger partial charge in [-0.05, 0) is 6.42 Å². The summed E-state index contributed by atoms with van der Waals surface area (Å²) in [5.41, 5.74) is 6.92. The third-order valence-electron chi connectivity index (χ3n) is 3.35. The number of phosphoric ester groups is 1. The van der Waals surface area contributed by atoms with Gasteiger partial charge in [-0.1, -0.05) is 12.2 Å². The van der Waals surface area contributed by atoms with Crippen molar-refractivity contribution in [2.45, 2.75) is 12.5 Å². The second-order valence-electron chi connectivity index (χ2n) is 4.82. The molecule has 0 fully saturated rings. The first-order chi connectivity index (χ1) is 9.94. The molecular formula is C11H14N5O4P. The lowest BCUT2D eigenvalue weighted by molar-refractivity contribution is 0.177. The van der Waals surface area contributed by atoms with Crippen molar-refractivity contribution in [2.24, 2.45) is 5.92 Å². The molecule has 2 heterocycles. The quantitative estimate of drug-likeness (QED) is 0.552. The number of fused-ring (bicyclic) bond motifs is 1. The van der Waals surface area contributed by atoms with Gasteiger partial charge in [0.15, 0.2) is 11.5 Å². The lowest BCUT2D eigenvalue weighted by Gasteiger charge is -2.14. The fraction of sp³-hybridized carbons (Fsp3) is 0.364. The highest BCUT2D eigenvalue weighted by Gasteiger charge is 2.25. The number of phosphoric acid groups is 1. The number of allylic oxidation sites excluding steroid dienone is 1. The van der Waals surface area contributed by atoms with Gasteiger partial charge in [-0.15, -0.1) is 0 Å². The number of aromatic nitrogens is 4. The highest BCUT2D eigenvalue weighted by Crippen LogP contribution is 2.38. The minimum Gasteiger partial charge on any atom is -0.382 e. The van der Waals surface area contributed by atoms with Gasteiger partial charge in [0.2, 0.25) is 0 Å². The lowest BCUT2D eigenvalue weighted by atomic mass is 10.1. The third kappa shape index (κ3) is 2.96. The van der Waals surface area contributed by atoms with Crippen molar-refractivity contribution in [3.63, 3.8) is 0 Å². The van der Waals surface area contributed by atoms with E-state index in [1.807, 2.05) is 16.7 Å². The van der Waals surface area contributed by atoms with Gasteiger partial charge in [0.25, 0.3) is 0 Å². The van der Waals surface area contributed by atoms with Gasteiger partial charge >= 0.3 is 7.82 Å². The molecule has 0 saturated carbocycles. The summed E-state index contributed by atoms with van der Waals surface area (Å²) in [5, 5.41) is 0. The Hall–Kier alpha value is -1.80. The first-order valence-corrected chi connectivity index (χ1v) is 7.78. The summed E-state index contributed by atoms with van der Waals surface area (Å²) in [6.07, 6.45) is 7.47. The molecule has 3 rings (SSSR count). The standard InChI is InChI=1S/C11H14N5O4P/c12-10-9-11(14-5-13-10)16(6-15-9)8-2-1-7(3-8)4-20-21(17,18)19/h1-2,5-8H,3-4H2,(H2,12,13,14)(H2,17,18,19)/t7-,8+/m0/s1. The van der Waals surface area contributed by atoms with Gasteiger partial charge in [-0.3, -0.25) is 4.52 Å². The molecule has 0 saturated heterocycles. The molecule has 21 heavy (non-hydrogen) atoms. The number of hydrogen-bond acceptors (Lipinski definition) is 6. The lowest BCUT2D eigenvalue weighted by Crippen LogP contribution is -2.09. The van der Waals surface area contributed by atoms with Gasteiger partial charge in [-0.2, -0.15) is 0 Å². The summed E-state index contributed by atoms with van der Waals surface area (Å²) < 4.78 is 17.1. The second kappa shape index (κ2) is 5.19. The molecule has 2 aromatic rings. The molecule has 0 aromatic carbocycles. The van der Waals surface area contributed by atoms with Gasteiger partial charge in [0.1, 0.15) is 11.8 Å². The van der Waals surface area contributed by atoms with Crippen LogP contribution in [0.25, 0.3) is 11.2 Å². The summed E-state index contributed by atoms with van der Waals surface area (Å²) in [6.45, 7) is -0.0268. The van der Waals surface area contributed by atoms with E-state index in [0.717, 1.165) is 0 Å². The Balaban J connectivity index is 1.75. The number of rotatable bonds is 4. The van der Waals surface area contributed by atoms with Crippen molar-refractivity contribution in [3.05, 3.63) is 24.8 Å². The second-order valence-corrected chi connectivity index (χ2v) is 6.06. The Labute approximate surface area is 119 Å². The zero-order valence-electron chi connectivity index (χ0n) is 10.9. The van der Waals surface area contributed by atoms with E-state index in [1.165, 1.54) is 6.33 Å². The molecule has 1 aliphatic carbocycles. The van der Waals surface area contributed by atoms with Gasteiger partial charge in [-0.25, -0.2) is 19.5 Å². The Kier molecular flexibility index (Phi) is 3.50. The minimum atomic E-state index is -4.43. The molecule has 0 amide bonds. The summed E-state index contributed by atoms with van der Waals surface area (Å²) >= 11 is 0. The van der Waals surface area contributed by atoms with E-state index in [1.54, 1.807) is 6.33 Å². The van der Waals surface area contributed by atoms with Crippen LogP contribution in [0.2, 0.25) is 0 Å². The Morgan fingerprint density at radius 2 is 2.19 bits per heavy atom. The molecule has 10 heteroatoms. The summed E-state index contributed by atoms with van der Waals surface area (Å²) in [4.78, 5) is 29.7. The molecule has 0 aliphatic heterocycles. The fourth-order valence-electron chi connectivity index (χ4n) is 2.39. The number of hydrogen-bond donors (Lipinski definition) is 3. The van der Waals surface area contributed by atoms with Crippen molar-refractivity contribution >= 4 is 24.8 Å². The van der Waals surface area contributed by atoms with Crippen LogP contribution < -0.4 is 5.73 Å². The Morgan fingerprint density at radius 3 is 2.95 bits per heavy atom. The summed E-state index contributed by atoms with van der Waals surface area (Å²) in [6, 6.07) is -0.00493. The molecule has 0 bridgehead atoms. The van der Waals surface area contributed by atoms with Gasteiger partial charge < -0.3 is 20.1 Å². The normalized spacial score (nSPS) is 22.2. The number of anilines is 1. The van der Waals surface area contributed by atoms with Crippen LogP contribution in [-0.2, 0) is 9.09 Å². The van der Waals surface area contributed by atoms with Crippen LogP contribution in [0.15, 0.2) is 24.8 Å². The average Bonchev–Trinajstić information content (AvgIpc) is 3.02. The predicted octanol–water partition coefficient (Wildman–Crippen LogP) is 0.635. The SMILES string of the molecule is Nc1ncnc2c1ncn2[C@@H]1C=C[C@H](COP(=O)(O)O)C1. The van der Waals surface area contributed by atoms with E-state index in [9.17, 15) is 4.57 Å². The highest BCUT2D eigenvalue weighted by molar-refractivity contribution is 7.46. The number of nitrogens with two attached hydrogens (primary N) is 1. The average molecular weight is 311 g/mol. The van der Waals surface area contributed by atoms with Crippen LogP contribution in [0.1, 0.15) is 12.5 Å². The molecule has 2 aromatic heterocycles.